The maximum atomic E-state index is 12.6. The van der Waals surface area contributed by atoms with Gasteiger partial charge in [0.2, 0.25) is 0 Å². The molecule has 0 aliphatic carbocycles. The molecule has 112 valence electrons. The molecule has 3 heterocycles. The molecule has 0 atom stereocenters. The second kappa shape index (κ2) is 5.36. The Morgan fingerprint density at radius 3 is 2.73 bits per heavy atom. The molecule has 3 nitrogen and oxygen atoms in total. The summed E-state index contributed by atoms with van der Waals surface area (Å²) in [6, 6.07) is 10.4. The minimum atomic E-state index is 0.169. The molecule has 22 heavy (non-hydrogen) atoms. The smallest absolute Gasteiger partial charge is 0.264 e. The van der Waals surface area contributed by atoms with E-state index in [-0.39, 0.29) is 5.91 Å². The Labute approximate surface area is 133 Å². The molecule has 1 saturated heterocycles. The zero-order valence-corrected chi connectivity index (χ0v) is 13.4. The van der Waals surface area contributed by atoms with Crippen LogP contribution in [0.5, 0.6) is 0 Å². The topological polar surface area (TPSA) is 33.2 Å². The van der Waals surface area contributed by atoms with Gasteiger partial charge >= 0.3 is 0 Å². The van der Waals surface area contributed by atoms with Gasteiger partial charge in [-0.15, -0.1) is 11.3 Å². The number of pyridine rings is 1. The molecule has 1 aliphatic heterocycles. The van der Waals surface area contributed by atoms with Crippen molar-refractivity contribution in [2.24, 2.45) is 0 Å². The average molecular weight is 310 g/mol. The van der Waals surface area contributed by atoms with Crippen LogP contribution in [0.4, 0.5) is 0 Å². The Morgan fingerprint density at radius 2 is 1.91 bits per heavy atom. The van der Waals surface area contributed by atoms with Crippen LogP contribution in [0.25, 0.3) is 21.1 Å². The van der Waals surface area contributed by atoms with Crippen molar-refractivity contribution in [3.8, 4) is 0 Å². The van der Waals surface area contributed by atoms with E-state index in [4.69, 9.17) is 4.98 Å². The molecular formula is C18H18N2OS. The Morgan fingerprint density at radius 1 is 1.09 bits per heavy atom. The van der Waals surface area contributed by atoms with Gasteiger partial charge in [-0.2, -0.15) is 0 Å². The van der Waals surface area contributed by atoms with Crippen molar-refractivity contribution in [3.63, 3.8) is 0 Å². The molecule has 0 bridgehead atoms. The summed E-state index contributed by atoms with van der Waals surface area (Å²) in [6.07, 6.45) is 3.48. The molecule has 0 spiro atoms. The third-order valence-electron chi connectivity index (χ3n) is 4.31. The van der Waals surface area contributed by atoms with E-state index in [2.05, 4.69) is 31.2 Å². The van der Waals surface area contributed by atoms with Crippen molar-refractivity contribution in [2.75, 3.05) is 13.1 Å². The van der Waals surface area contributed by atoms with Crippen LogP contribution in [0, 0.1) is 6.92 Å². The highest BCUT2D eigenvalue weighted by molar-refractivity contribution is 7.20. The number of aryl methyl sites for hydroxylation is 1. The number of carbonyl (C=O) groups is 1. The number of benzene rings is 1. The lowest BCUT2D eigenvalue weighted by Crippen LogP contribution is -2.35. The predicted molar refractivity (Wildman–Crippen MR) is 91.6 cm³/mol. The van der Waals surface area contributed by atoms with Crippen molar-refractivity contribution in [2.45, 2.75) is 26.2 Å². The van der Waals surface area contributed by atoms with E-state index in [0.29, 0.717) is 0 Å². The fraction of sp³-hybridized carbons (Fsp3) is 0.333. The molecule has 0 N–H and O–H groups in total. The number of piperidine rings is 1. The third kappa shape index (κ3) is 2.37. The first-order chi connectivity index (χ1) is 10.7. The van der Waals surface area contributed by atoms with E-state index in [1.807, 2.05) is 11.0 Å². The molecule has 1 amide bonds. The van der Waals surface area contributed by atoms with Crippen LogP contribution in [0.2, 0.25) is 0 Å². The van der Waals surface area contributed by atoms with E-state index in [0.717, 1.165) is 51.9 Å². The number of amides is 1. The molecule has 0 radical (unpaired) electrons. The number of aromatic nitrogens is 1. The molecule has 1 aromatic carbocycles. The summed E-state index contributed by atoms with van der Waals surface area (Å²) in [7, 11) is 0. The highest BCUT2D eigenvalue weighted by Crippen LogP contribution is 2.29. The highest BCUT2D eigenvalue weighted by Gasteiger charge is 2.20. The second-order valence-electron chi connectivity index (χ2n) is 6.04. The van der Waals surface area contributed by atoms with Gasteiger partial charge in [-0.1, -0.05) is 11.6 Å². The van der Waals surface area contributed by atoms with Crippen molar-refractivity contribution >= 4 is 38.4 Å². The molecule has 4 rings (SSSR count). The number of nitrogens with zero attached hydrogens (tertiary/aromatic N) is 2. The summed E-state index contributed by atoms with van der Waals surface area (Å²) >= 11 is 1.52. The molecule has 3 aromatic rings. The fourth-order valence-corrected chi connectivity index (χ4v) is 4.10. The van der Waals surface area contributed by atoms with Gasteiger partial charge in [0.25, 0.3) is 5.91 Å². The summed E-state index contributed by atoms with van der Waals surface area (Å²) in [5, 5.41) is 2.21. The first kappa shape index (κ1) is 13.7. The Kier molecular flexibility index (Phi) is 3.34. The van der Waals surface area contributed by atoms with Gasteiger partial charge in [0.1, 0.15) is 4.83 Å². The lowest BCUT2D eigenvalue weighted by molar-refractivity contribution is 0.0729. The second-order valence-corrected chi connectivity index (χ2v) is 7.07. The van der Waals surface area contributed by atoms with Crippen LogP contribution in [0.15, 0.2) is 30.3 Å². The van der Waals surface area contributed by atoms with Crippen LogP contribution in [-0.2, 0) is 0 Å². The minimum Gasteiger partial charge on any atom is -0.338 e. The van der Waals surface area contributed by atoms with E-state index >= 15 is 0 Å². The highest BCUT2D eigenvalue weighted by atomic mass is 32.1. The Bertz CT molecular complexity index is 862. The molecule has 4 heteroatoms. The first-order valence-electron chi connectivity index (χ1n) is 7.81. The minimum absolute atomic E-state index is 0.169. The quantitative estimate of drug-likeness (QED) is 0.668. The summed E-state index contributed by atoms with van der Waals surface area (Å²) in [5.41, 5.74) is 2.23. The average Bonchev–Trinajstić information content (AvgIpc) is 2.95. The molecule has 1 aliphatic rings. The summed E-state index contributed by atoms with van der Waals surface area (Å²) in [5.74, 6) is 0.169. The fourth-order valence-electron chi connectivity index (χ4n) is 3.11. The van der Waals surface area contributed by atoms with Gasteiger partial charge in [-0.05, 0) is 50.5 Å². The van der Waals surface area contributed by atoms with E-state index < -0.39 is 0 Å². The molecule has 0 unspecified atom stereocenters. The van der Waals surface area contributed by atoms with E-state index in [9.17, 15) is 4.79 Å². The van der Waals surface area contributed by atoms with Crippen LogP contribution in [0.1, 0.15) is 34.5 Å². The Hall–Kier alpha value is -1.94. The van der Waals surface area contributed by atoms with Gasteiger partial charge in [0, 0.05) is 23.9 Å². The maximum Gasteiger partial charge on any atom is 0.264 e. The van der Waals surface area contributed by atoms with Crippen LogP contribution >= 0.6 is 11.3 Å². The zero-order valence-electron chi connectivity index (χ0n) is 12.6. The SMILES string of the molecule is Cc1ccc2nc3sc(C(=O)N4CCCCC4)cc3cc2c1. The number of likely N-dealkylation sites (tertiary alicyclic amines) is 1. The predicted octanol–water partition coefficient (Wildman–Crippen LogP) is 4.38. The molecular weight excluding hydrogens is 292 g/mol. The summed E-state index contributed by atoms with van der Waals surface area (Å²) in [6.45, 7) is 3.87. The van der Waals surface area contributed by atoms with Crippen LogP contribution in [0.3, 0.4) is 0 Å². The third-order valence-corrected chi connectivity index (χ3v) is 5.34. The summed E-state index contributed by atoms with van der Waals surface area (Å²) < 4.78 is 0. The van der Waals surface area contributed by atoms with Crippen molar-refractivity contribution in [1.29, 1.82) is 0 Å². The van der Waals surface area contributed by atoms with Crippen LogP contribution in [-0.4, -0.2) is 28.9 Å². The molecule has 2 aromatic heterocycles. The molecule has 0 saturated carbocycles. The van der Waals surface area contributed by atoms with Crippen LogP contribution < -0.4 is 0 Å². The largest absolute Gasteiger partial charge is 0.338 e. The number of hydrogen-bond acceptors (Lipinski definition) is 3. The van der Waals surface area contributed by atoms with Gasteiger partial charge in [0.15, 0.2) is 0 Å². The lowest BCUT2D eigenvalue weighted by atomic mass is 10.1. The number of fused-ring (bicyclic) bond motifs is 2. The van der Waals surface area contributed by atoms with Gasteiger partial charge in [0.05, 0.1) is 10.4 Å². The Balaban J connectivity index is 1.76. The number of rotatable bonds is 1. The monoisotopic (exact) mass is 310 g/mol. The van der Waals surface area contributed by atoms with E-state index in [1.54, 1.807) is 0 Å². The number of hydrogen-bond donors (Lipinski definition) is 0. The lowest BCUT2D eigenvalue weighted by Gasteiger charge is -2.26. The normalized spacial score (nSPS) is 15.6. The van der Waals surface area contributed by atoms with Gasteiger partial charge < -0.3 is 4.90 Å². The first-order valence-corrected chi connectivity index (χ1v) is 8.62. The van der Waals surface area contributed by atoms with Crippen molar-refractivity contribution in [3.05, 3.63) is 40.8 Å². The summed E-state index contributed by atoms with van der Waals surface area (Å²) in [4.78, 5) is 21.1. The molecule has 1 fully saturated rings. The zero-order chi connectivity index (χ0) is 15.1. The van der Waals surface area contributed by atoms with Gasteiger partial charge in [-0.25, -0.2) is 4.98 Å². The van der Waals surface area contributed by atoms with Crippen molar-refractivity contribution in [1.82, 2.24) is 9.88 Å². The van der Waals surface area contributed by atoms with E-state index in [1.165, 1.54) is 23.3 Å². The number of thiophene rings is 1. The van der Waals surface area contributed by atoms with Gasteiger partial charge in [-0.3, -0.25) is 4.79 Å². The standard InChI is InChI=1S/C18H18N2OS/c1-12-5-6-15-13(9-12)10-14-11-16(22-17(14)19-15)18(21)20-7-3-2-4-8-20/h5-6,9-11H,2-4,7-8H2,1H3. The number of carbonyl (C=O) groups excluding carboxylic acids is 1. The van der Waals surface area contributed by atoms with Crippen molar-refractivity contribution < 1.29 is 4.79 Å². The maximum absolute atomic E-state index is 12.6.